The van der Waals surface area contributed by atoms with E-state index in [1.807, 2.05) is 0 Å². The summed E-state index contributed by atoms with van der Waals surface area (Å²) in [5.74, 6) is -2.21. The van der Waals surface area contributed by atoms with Gasteiger partial charge in [0.15, 0.2) is 11.6 Å². The van der Waals surface area contributed by atoms with Crippen molar-refractivity contribution in [3.8, 4) is 5.75 Å². The number of aliphatic carboxylic acids is 1. The number of carbonyl (C=O) groups is 2. The molecule has 1 aliphatic rings. The fourth-order valence-electron chi connectivity index (χ4n) is 2.01. The molecule has 2 rings (SSSR count). The third-order valence-electron chi connectivity index (χ3n) is 3.38. The predicted octanol–water partition coefficient (Wildman–Crippen LogP) is 1.57. The van der Waals surface area contributed by atoms with Crippen molar-refractivity contribution in [3.05, 3.63) is 29.6 Å². The largest absolute Gasteiger partial charge is 0.494 e. The van der Waals surface area contributed by atoms with Crippen LogP contribution in [0.4, 0.5) is 4.39 Å². The molecule has 1 aliphatic carbocycles. The van der Waals surface area contributed by atoms with Gasteiger partial charge in [0.05, 0.1) is 7.11 Å². The highest BCUT2D eigenvalue weighted by Gasteiger charge is 2.45. The Morgan fingerprint density at radius 1 is 1.42 bits per heavy atom. The van der Waals surface area contributed by atoms with Gasteiger partial charge in [0.2, 0.25) is 0 Å². The maximum atomic E-state index is 13.2. The van der Waals surface area contributed by atoms with E-state index in [1.165, 1.54) is 19.2 Å². The Morgan fingerprint density at radius 3 is 2.58 bits per heavy atom. The van der Waals surface area contributed by atoms with Crippen LogP contribution in [0.2, 0.25) is 0 Å². The van der Waals surface area contributed by atoms with Crippen molar-refractivity contribution in [1.82, 2.24) is 5.32 Å². The quantitative estimate of drug-likeness (QED) is 0.868. The number of halogens is 1. The number of amides is 1. The zero-order chi connectivity index (χ0) is 14.0. The summed E-state index contributed by atoms with van der Waals surface area (Å²) in [5, 5.41) is 11.6. The van der Waals surface area contributed by atoms with Crippen molar-refractivity contribution >= 4 is 11.9 Å². The Bertz CT molecular complexity index is 525. The summed E-state index contributed by atoms with van der Waals surface area (Å²) in [6, 6.07) is 3.66. The molecule has 0 spiro atoms. The van der Waals surface area contributed by atoms with Crippen molar-refractivity contribution in [3.63, 3.8) is 0 Å². The van der Waals surface area contributed by atoms with Crippen LogP contribution in [0.1, 0.15) is 29.6 Å². The lowest BCUT2D eigenvalue weighted by atomic mass is 9.76. The van der Waals surface area contributed by atoms with Gasteiger partial charge in [-0.15, -0.1) is 0 Å². The minimum atomic E-state index is -1.18. The highest BCUT2D eigenvalue weighted by atomic mass is 19.1. The number of carboxylic acid groups (broad SMARTS) is 1. The Labute approximate surface area is 109 Å². The van der Waals surface area contributed by atoms with Gasteiger partial charge in [0.25, 0.3) is 5.91 Å². The second-order valence-corrected chi connectivity index (χ2v) is 4.54. The lowest BCUT2D eigenvalue weighted by Gasteiger charge is -2.38. The Kier molecular flexibility index (Phi) is 3.42. The molecule has 5 nitrogen and oxygen atoms in total. The van der Waals surface area contributed by atoms with Crippen LogP contribution in [0.5, 0.6) is 5.75 Å². The van der Waals surface area contributed by atoms with Crippen LogP contribution in [-0.4, -0.2) is 29.6 Å². The summed E-state index contributed by atoms with van der Waals surface area (Å²) in [5.41, 5.74) is -1.01. The number of rotatable bonds is 4. The van der Waals surface area contributed by atoms with Crippen LogP contribution in [-0.2, 0) is 4.79 Å². The van der Waals surface area contributed by atoms with Crippen LogP contribution in [0.15, 0.2) is 18.2 Å². The molecule has 1 saturated carbocycles. The SMILES string of the molecule is COc1cc(C(=O)NC2(C(=O)O)CCC2)ccc1F. The number of methoxy groups -OCH3 is 1. The standard InChI is InChI=1S/C13H14FNO4/c1-19-10-7-8(3-4-9(10)14)11(16)15-13(12(17)18)5-2-6-13/h3-4,7H,2,5-6H2,1H3,(H,15,16)(H,17,18). The number of ether oxygens (including phenoxy) is 1. The average molecular weight is 267 g/mol. The summed E-state index contributed by atoms with van der Waals surface area (Å²) in [7, 11) is 1.30. The molecule has 0 radical (unpaired) electrons. The molecule has 0 aromatic heterocycles. The van der Waals surface area contributed by atoms with Crippen LogP contribution < -0.4 is 10.1 Å². The van der Waals surface area contributed by atoms with Gasteiger partial charge >= 0.3 is 5.97 Å². The second-order valence-electron chi connectivity index (χ2n) is 4.54. The molecular weight excluding hydrogens is 253 g/mol. The molecule has 102 valence electrons. The van der Waals surface area contributed by atoms with E-state index in [0.29, 0.717) is 12.8 Å². The highest BCUT2D eigenvalue weighted by molar-refractivity contribution is 5.98. The van der Waals surface area contributed by atoms with Gasteiger partial charge in [-0.05, 0) is 37.5 Å². The molecule has 0 atom stereocenters. The first kappa shape index (κ1) is 13.3. The van der Waals surface area contributed by atoms with E-state index in [9.17, 15) is 14.0 Å². The van der Waals surface area contributed by atoms with E-state index in [2.05, 4.69) is 5.32 Å². The molecular formula is C13H14FNO4. The first-order valence-electron chi connectivity index (χ1n) is 5.88. The zero-order valence-corrected chi connectivity index (χ0v) is 10.4. The number of nitrogens with one attached hydrogen (secondary N) is 1. The van der Waals surface area contributed by atoms with Gasteiger partial charge in [-0.1, -0.05) is 0 Å². The first-order chi connectivity index (χ1) is 8.98. The minimum absolute atomic E-state index is 0.0503. The summed E-state index contributed by atoms with van der Waals surface area (Å²) in [4.78, 5) is 23.1. The lowest BCUT2D eigenvalue weighted by molar-refractivity contribution is -0.148. The zero-order valence-electron chi connectivity index (χ0n) is 10.4. The van der Waals surface area contributed by atoms with E-state index in [0.717, 1.165) is 12.5 Å². The molecule has 0 saturated heterocycles. The lowest BCUT2D eigenvalue weighted by Crippen LogP contribution is -2.59. The van der Waals surface area contributed by atoms with E-state index in [-0.39, 0.29) is 11.3 Å². The second kappa shape index (κ2) is 4.87. The molecule has 1 amide bonds. The van der Waals surface area contributed by atoms with Crippen molar-refractivity contribution < 1.29 is 23.8 Å². The van der Waals surface area contributed by atoms with Gasteiger partial charge < -0.3 is 15.2 Å². The molecule has 1 aromatic rings. The molecule has 2 N–H and O–H groups in total. The topological polar surface area (TPSA) is 75.6 Å². The average Bonchev–Trinajstić information content (AvgIpc) is 2.33. The number of hydrogen-bond donors (Lipinski definition) is 2. The van der Waals surface area contributed by atoms with Crippen LogP contribution in [0, 0.1) is 5.82 Å². The predicted molar refractivity (Wildman–Crippen MR) is 64.6 cm³/mol. The van der Waals surface area contributed by atoms with E-state index in [1.54, 1.807) is 0 Å². The fourth-order valence-corrected chi connectivity index (χ4v) is 2.01. The number of carbonyl (C=O) groups excluding carboxylic acids is 1. The number of carboxylic acids is 1. The third-order valence-corrected chi connectivity index (χ3v) is 3.38. The van der Waals surface area contributed by atoms with Crippen molar-refractivity contribution in [2.45, 2.75) is 24.8 Å². The van der Waals surface area contributed by atoms with E-state index in [4.69, 9.17) is 9.84 Å². The molecule has 19 heavy (non-hydrogen) atoms. The Hall–Kier alpha value is -2.11. The summed E-state index contributed by atoms with van der Waals surface area (Å²) < 4.78 is 18.0. The van der Waals surface area contributed by atoms with E-state index >= 15 is 0 Å². The maximum Gasteiger partial charge on any atom is 0.329 e. The van der Waals surface area contributed by atoms with Gasteiger partial charge in [0.1, 0.15) is 5.54 Å². The third kappa shape index (κ3) is 2.38. The maximum absolute atomic E-state index is 13.2. The Balaban J connectivity index is 2.18. The molecule has 6 heteroatoms. The molecule has 0 bridgehead atoms. The van der Waals surface area contributed by atoms with Crippen LogP contribution >= 0.6 is 0 Å². The monoisotopic (exact) mass is 267 g/mol. The first-order valence-corrected chi connectivity index (χ1v) is 5.88. The van der Waals surface area contributed by atoms with Crippen molar-refractivity contribution in [1.29, 1.82) is 0 Å². The smallest absolute Gasteiger partial charge is 0.329 e. The normalized spacial score (nSPS) is 16.3. The van der Waals surface area contributed by atoms with Gasteiger partial charge in [0, 0.05) is 5.56 Å². The number of hydrogen-bond acceptors (Lipinski definition) is 3. The molecule has 1 aromatic carbocycles. The summed E-state index contributed by atoms with van der Waals surface area (Å²) in [6.07, 6.45) is 1.58. The molecule has 0 aliphatic heterocycles. The molecule has 0 heterocycles. The van der Waals surface area contributed by atoms with Gasteiger partial charge in [-0.25, -0.2) is 9.18 Å². The van der Waals surface area contributed by atoms with Crippen molar-refractivity contribution in [2.24, 2.45) is 0 Å². The number of benzene rings is 1. The Morgan fingerprint density at radius 2 is 2.11 bits per heavy atom. The van der Waals surface area contributed by atoms with Gasteiger partial charge in [-0.3, -0.25) is 4.79 Å². The van der Waals surface area contributed by atoms with E-state index < -0.39 is 23.2 Å². The van der Waals surface area contributed by atoms with Gasteiger partial charge in [-0.2, -0.15) is 0 Å². The van der Waals surface area contributed by atoms with Crippen molar-refractivity contribution in [2.75, 3.05) is 7.11 Å². The summed E-state index contributed by atoms with van der Waals surface area (Å²) in [6.45, 7) is 0. The fraction of sp³-hybridized carbons (Fsp3) is 0.385. The van der Waals surface area contributed by atoms with Crippen LogP contribution in [0.3, 0.4) is 0 Å². The molecule has 0 unspecified atom stereocenters. The summed E-state index contributed by atoms with van der Waals surface area (Å²) >= 11 is 0. The minimum Gasteiger partial charge on any atom is -0.494 e. The highest BCUT2D eigenvalue weighted by Crippen LogP contribution is 2.32. The van der Waals surface area contributed by atoms with Crippen LogP contribution in [0.25, 0.3) is 0 Å². The molecule has 1 fully saturated rings.